The topological polar surface area (TPSA) is 23.6 Å². The molecule has 1 aromatic carbocycles. The fourth-order valence-corrected chi connectivity index (χ4v) is 2.21. The quantitative estimate of drug-likeness (QED) is 0.758. The molecule has 5 heteroatoms. The zero-order valence-electron chi connectivity index (χ0n) is 9.78. The van der Waals surface area contributed by atoms with E-state index in [0.717, 1.165) is 0 Å². The van der Waals surface area contributed by atoms with Crippen molar-refractivity contribution >= 4 is 28.9 Å². The molecule has 3 nitrogen and oxygen atoms in total. The molecule has 0 aliphatic carbocycles. The van der Waals surface area contributed by atoms with Crippen molar-refractivity contribution in [3.05, 3.63) is 24.0 Å². The molecule has 1 aliphatic rings. The first-order valence-electron chi connectivity index (χ1n) is 5.40. The van der Waals surface area contributed by atoms with Crippen LogP contribution in [0.4, 0.5) is 15.8 Å². The van der Waals surface area contributed by atoms with Crippen LogP contribution < -0.4 is 9.80 Å². The summed E-state index contributed by atoms with van der Waals surface area (Å²) in [5, 5.41) is -0.181. The molecule has 2 rings (SSSR count). The lowest BCUT2D eigenvalue weighted by Gasteiger charge is -2.19. The number of anilines is 2. The third kappa shape index (κ3) is 2.36. The summed E-state index contributed by atoms with van der Waals surface area (Å²) >= 11 is 5.91. The van der Waals surface area contributed by atoms with Crippen LogP contribution in [0, 0.1) is 5.82 Å². The number of carbonyl (C=O) groups is 1. The number of rotatable bonds is 2. The SMILES string of the molecule is CN(C)c1ccc(N2CC(Cl)CC2=O)cc1F. The first-order chi connectivity index (χ1) is 7.99. The Morgan fingerprint density at radius 3 is 2.65 bits per heavy atom. The molecule has 1 fully saturated rings. The Labute approximate surface area is 105 Å². The Kier molecular flexibility index (Phi) is 3.24. The zero-order valence-corrected chi connectivity index (χ0v) is 10.5. The molecule has 0 bridgehead atoms. The smallest absolute Gasteiger partial charge is 0.228 e. The van der Waals surface area contributed by atoms with Gasteiger partial charge < -0.3 is 9.80 Å². The number of hydrogen-bond donors (Lipinski definition) is 0. The van der Waals surface area contributed by atoms with E-state index in [9.17, 15) is 9.18 Å². The van der Waals surface area contributed by atoms with Gasteiger partial charge in [-0.25, -0.2) is 4.39 Å². The summed E-state index contributed by atoms with van der Waals surface area (Å²) in [5.41, 5.74) is 1.07. The summed E-state index contributed by atoms with van der Waals surface area (Å²) < 4.78 is 13.8. The Morgan fingerprint density at radius 2 is 2.18 bits per heavy atom. The molecule has 1 saturated heterocycles. The molecule has 92 valence electrons. The highest BCUT2D eigenvalue weighted by Crippen LogP contribution is 2.28. The first kappa shape index (κ1) is 12.2. The lowest BCUT2D eigenvalue weighted by Crippen LogP contribution is -2.24. The Balaban J connectivity index is 2.29. The number of nitrogens with zero attached hydrogens (tertiary/aromatic N) is 2. The molecule has 17 heavy (non-hydrogen) atoms. The number of amides is 1. The molecule has 0 spiro atoms. The molecule has 0 N–H and O–H groups in total. The van der Waals surface area contributed by atoms with Crippen molar-refractivity contribution in [2.24, 2.45) is 0 Å². The van der Waals surface area contributed by atoms with Crippen molar-refractivity contribution in [2.45, 2.75) is 11.8 Å². The van der Waals surface area contributed by atoms with Gasteiger partial charge in [0.25, 0.3) is 0 Å². The van der Waals surface area contributed by atoms with Crippen molar-refractivity contribution in [3.63, 3.8) is 0 Å². The van der Waals surface area contributed by atoms with Crippen LogP contribution in [0.3, 0.4) is 0 Å². The van der Waals surface area contributed by atoms with Gasteiger partial charge in [0, 0.05) is 32.7 Å². The lowest BCUT2D eigenvalue weighted by molar-refractivity contribution is -0.117. The van der Waals surface area contributed by atoms with Crippen LogP contribution in [0.5, 0.6) is 0 Å². The largest absolute Gasteiger partial charge is 0.375 e. The highest BCUT2D eigenvalue weighted by molar-refractivity contribution is 6.24. The summed E-state index contributed by atoms with van der Waals surface area (Å²) in [5.74, 6) is -0.389. The highest BCUT2D eigenvalue weighted by Gasteiger charge is 2.29. The van der Waals surface area contributed by atoms with Crippen LogP contribution in [0.15, 0.2) is 18.2 Å². The average Bonchev–Trinajstić information content (AvgIpc) is 2.57. The molecule has 1 aliphatic heterocycles. The van der Waals surface area contributed by atoms with Gasteiger partial charge in [0.1, 0.15) is 5.82 Å². The van der Waals surface area contributed by atoms with Crippen molar-refractivity contribution in [1.82, 2.24) is 0 Å². The van der Waals surface area contributed by atoms with Crippen LogP contribution in [0.25, 0.3) is 0 Å². The van der Waals surface area contributed by atoms with E-state index < -0.39 is 0 Å². The summed E-state index contributed by atoms with van der Waals surface area (Å²) in [7, 11) is 3.54. The van der Waals surface area contributed by atoms with Crippen LogP contribution >= 0.6 is 11.6 Å². The number of alkyl halides is 1. The average molecular weight is 257 g/mol. The molecule has 1 heterocycles. The Bertz CT molecular complexity index is 450. The van der Waals surface area contributed by atoms with Crippen molar-refractivity contribution in [2.75, 3.05) is 30.4 Å². The predicted octanol–water partition coefficient (Wildman–Crippen LogP) is 2.24. The minimum Gasteiger partial charge on any atom is -0.375 e. The predicted molar refractivity (Wildman–Crippen MR) is 67.3 cm³/mol. The van der Waals surface area contributed by atoms with Gasteiger partial charge >= 0.3 is 0 Å². The summed E-state index contributed by atoms with van der Waals surface area (Å²) in [4.78, 5) is 14.8. The molecule has 1 amide bonds. The van der Waals surface area contributed by atoms with E-state index in [-0.39, 0.29) is 17.1 Å². The van der Waals surface area contributed by atoms with Crippen molar-refractivity contribution < 1.29 is 9.18 Å². The number of halogens is 2. The molecule has 0 aromatic heterocycles. The standard InChI is InChI=1S/C12H14ClFN2O/c1-15(2)11-4-3-9(6-10(11)14)16-7-8(13)5-12(16)17/h3-4,6,8H,5,7H2,1-2H3. The highest BCUT2D eigenvalue weighted by atomic mass is 35.5. The monoisotopic (exact) mass is 256 g/mol. The number of benzene rings is 1. The van der Waals surface area contributed by atoms with Crippen LogP contribution in [-0.4, -0.2) is 31.9 Å². The van der Waals surface area contributed by atoms with Gasteiger partial charge in [0.15, 0.2) is 0 Å². The molecule has 0 saturated carbocycles. The minimum atomic E-state index is -0.335. The van der Waals surface area contributed by atoms with E-state index in [1.54, 1.807) is 31.1 Å². The van der Waals surface area contributed by atoms with E-state index in [2.05, 4.69) is 0 Å². The van der Waals surface area contributed by atoms with Crippen molar-refractivity contribution in [3.8, 4) is 0 Å². The molecule has 1 unspecified atom stereocenters. The second-order valence-corrected chi connectivity index (χ2v) is 4.95. The molecule has 1 atom stereocenters. The van der Waals surface area contributed by atoms with Crippen LogP contribution in [0.2, 0.25) is 0 Å². The third-order valence-corrected chi connectivity index (χ3v) is 3.09. The minimum absolute atomic E-state index is 0.0537. The van der Waals surface area contributed by atoms with Crippen LogP contribution in [0.1, 0.15) is 6.42 Å². The van der Waals surface area contributed by atoms with E-state index in [1.165, 1.54) is 11.0 Å². The lowest BCUT2D eigenvalue weighted by atomic mass is 10.2. The van der Waals surface area contributed by atoms with Gasteiger partial charge in [-0.1, -0.05) is 0 Å². The van der Waals surface area contributed by atoms with Gasteiger partial charge in [0.2, 0.25) is 5.91 Å². The Hall–Kier alpha value is -1.29. The second kappa shape index (κ2) is 4.53. The van der Waals surface area contributed by atoms with E-state index >= 15 is 0 Å². The normalized spacial score (nSPS) is 19.9. The zero-order chi connectivity index (χ0) is 12.6. The maximum absolute atomic E-state index is 13.8. The summed E-state index contributed by atoms with van der Waals surface area (Å²) in [6.45, 7) is 0.446. The molecular formula is C12H14ClFN2O. The Morgan fingerprint density at radius 1 is 1.47 bits per heavy atom. The molecule has 0 radical (unpaired) electrons. The fourth-order valence-electron chi connectivity index (χ4n) is 1.94. The molecule has 1 aromatic rings. The second-order valence-electron chi connectivity index (χ2n) is 4.34. The maximum atomic E-state index is 13.8. The van der Waals surface area contributed by atoms with E-state index in [1.807, 2.05) is 0 Å². The van der Waals surface area contributed by atoms with Gasteiger partial charge in [-0.2, -0.15) is 0 Å². The van der Waals surface area contributed by atoms with Gasteiger partial charge in [-0.05, 0) is 18.2 Å². The maximum Gasteiger partial charge on any atom is 0.228 e. The van der Waals surface area contributed by atoms with Gasteiger partial charge in [0.05, 0.1) is 11.1 Å². The van der Waals surface area contributed by atoms with Crippen molar-refractivity contribution in [1.29, 1.82) is 0 Å². The number of carbonyl (C=O) groups excluding carboxylic acids is 1. The molecular weight excluding hydrogens is 243 g/mol. The number of hydrogen-bond acceptors (Lipinski definition) is 2. The summed E-state index contributed by atoms with van der Waals surface area (Å²) in [6.07, 6.45) is 0.318. The third-order valence-electron chi connectivity index (χ3n) is 2.80. The van der Waals surface area contributed by atoms with E-state index in [0.29, 0.717) is 24.3 Å². The van der Waals surface area contributed by atoms with Gasteiger partial charge in [-0.15, -0.1) is 11.6 Å². The van der Waals surface area contributed by atoms with Gasteiger partial charge in [-0.3, -0.25) is 4.79 Å². The summed E-state index contributed by atoms with van der Waals surface area (Å²) in [6, 6.07) is 4.78. The first-order valence-corrected chi connectivity index (χ1v) is 5.84. The van der Waals surface area contributed by atoms with Crippen LogP contribution in [-0.2, 0) is 4.79 Å². The van der Waals surface area contributed by atoms with E-state index in [4.69, 9.17) is 11.6 Å². The fraction of sp³-hybridized carbons (Fsp3) is 0.417.